The largest absolute Gasteiger partial charge is 0.481 e. The summed E-state index contributed by atoms with van der Waals surface area (Å²) in [5, 5.41) is 19.1. The molecule has 6 heteroatoms. The van der Waals surface area contributed by atoms with Crippen molar-refractivity contribution in [2.75, 3.05) is 13.1 Å². The van der Waals surface area contributed by atoms with Crippen molar-refractivity contribution in [3.8, 4) is 0 Å². The Kier molecular flexibility index (Phi) is 5.39. The van der Waals surface area contributed by atoms with Gasteiger partial charge in [0.2, 0.25) is 0 Å². The Morgan fingerprint density at radius 3 is 2.87 bits per heavy atom. The van der Waals surface area contributed by atoms with E-state index in [1.165, 1.54) is 0 Å². The second-order valence-corrected chi connectivity index (χ2v) is 3.27. The van der Waals surface area contributed by atoms with E-state index in [1.807, 2.05) is 6.20 Å². The van der Waals surface area contributed by atoms with E-state index in [-0.39, 0.29) is 6.42 Å². The Morgan fingerprint density at radius 1 is 1.40 bits per heavy atom. The molecule has 0 aliphatic carbocycles. The number of carbonyl (C=O) groups is 1. The van der Waals surface area contributed by atoms with E-state index in [4.69, 9.17) is 5.11 Å². The Balaban J connectivity index is 1.87. The second-order valence-electron chi connectivity index (χ2n) is 3.27. The van der Waals surface area contributed by atoms with E-state index in [1.54, 1.807) is 10.9 Å². The summed E-state index contributed by atoms with van der Waals surface area (Å²) in [5.41, 5.74) is 0. The molecule has 0 saturated carbocycles. The van der Waals surface area contributed by atoms with Gasteiger partial charge in [0.1, 0.15) is 0 Å². The van der Waals surface area contributed by atoms with Gasteiger partial charge in [0, 0.05) is 19.2 Å². The van der Waals surface area contributed by atoms with Gasteiger partial charge < -0.3 is 10.4 Å². The number of nitrogens with zero attached hydrogens (tertiary/aromatic N) is 3. The van der Waals surface area contributed by atoms with Crippen molar-refractivity contribution in [3.05, 3.63) is 12.4 Å². The van der Waals surface area contributed by atoms with Gasteiger partial charge >= 0.3 is 5.97 Å². The number of carboxylic acid groups (broad SMARTS) is 1. The maximum atomic E-state index is 10.2. The zero-order valence-electron chi connectivity index (χ0n) is 8.59. The fourth-order valence-electron chi connectivity index (χ4n) is 1.21. The third-order valence-electron chi connectivity index (χ3n) is 1.96. The van der Waals surface area contributed by atoms with E-state index in [0.717, 1.165) is 26.1 Å². The molecule has 0 bridgehead atoms. The molecule has 0 saturated heterocycles. The van der Waals surface area contributed by atoms with Crippen molar-refractivity contribution in [2.24, 2.45) is 0 Å². The van der Waals surface area contributed by atoms with Gasteiger partial charge in [0.25, 0.3) is 0 Å². The van der Waals surface area contributed by atoms with Gasteiger partial charge in [-0.1, -0.05) is 5.21 Å². The summed E-state index contributed by atoms with van der Waals surface area (Å²) in [4.78, 5) is 10.2. The molecule has 0 radical (unpaired) electrons. The summed E-state index contributed by atoms with van der Waals surface area (Å²) >= 11 is 0. The standard InChI is InChI=1S/C9H16N4O2/c14-9(15)3-1-4-10-5-2-7-13-8-6-11-12-13/h6,8,10H,1-5,7H2,(H,14,15). The third-order valence-corrected chi connectivity index (χ3v) is 1.96. The summed E-state index contributed by atoms with van der Waals surface area (Å²) < 4.78 is 1.78. The first kappa shape index (κ1) is 11.6. The maximum absolute atomic E-state index is 10.2. The van der Waals surface area contributed by atoms with Gasteiger partial charge in [0.15, 0.2) is 0 Å². The lowest BCUT2D eigenvalue weighted by molar-refractivity contribution is -0.137. The molecule has 0 spiro atoms. The molecule has 1 rings (SSSR count). The summed E-state index contributed by atoms with van der Waals surface area (Å²) in [6.45, 7) is 2.47. The van der Waals surface area contributed by atoms with Crippen molar-refractivity contribution in [2.45, 2.75) is 25.8 Å². The molecule has 2 N–H and O–H groups in total. The molecule has 6 nitrogen and oxygen atoms in total. The summed E-state index contributed by atoms with van der Waals surface area (Å²) in [6, 6.07) is 0. The van der Waals surface area contributed by atoms with Gasteiger partial charge in [-0.2, -0.15) is 0 Å². The number of aromatic nitrogens is 3. The van der Waals surface area contributed by atoms with Crippen LogP contribution in [0.4, 0.5) is 0 Å². The van der Waals surface area contributed by atoms with Crippen LogP contribution >= 0.6 is 0 Å². The minimum atomic E-state index is -0.737. The molecule has 0 aliphatic rings. The second kappa shape index (κ2) is 6.94. The molecule has 0 fully saturated rings. The van der Waals surface area contributed by atoms with E-state index in [0.29, 0.717) is 6.42 Å². The zero-order valence-corrected chi connectivity index (χ0v) is 8.59. The van der Waals surface area contributed by atoms with Crippen LogP contribution in [0.1, 0.15) is 19.3 Å². The predicted octanol–water partition coefficient (Wildman–Crippen LogP) is 0.123. The van der Waals surface area contributed by atoms with Gasteiger partial charge in [0.05, 0.1) is 6.20 Å². The normalized spacial score (nSPS) is 10.4. The molecule has 15 heavy (non-hydrogen) atoms. The number of rotatable bonds is 8. The van der Waals surface area contributed by atoms with Crippen molar-refractivity contribution in [3.63, 3.8) is 0 Å². The van der Waals surface area contributed by atoms with Crippen LogP contribution in [0, 0.1) is 0 Å². The fourth-order valence-corrected chi connectivity index (χ4v) is 1.21. The first-order valence-electron chi connectivity index (χ1n) is 5.05. The summed E-state index contributed by atoms with van der Waals surface area (Å²) in [6.07, 6.45) is 5.36. The van der Waals surface area contributed by atoms with E-state index in [9.17, 15) is 4.79 Å². The van der Waals surface area contributed by atoms with Gasteiger partial charge in [-0.3, -0.25) is 9.48 Å². The number of hydrogen-bond acceptors (Lipinski definition) is 4. The van der Waals surface area contributed by atoms with Crippen LogP contribution in [0.5, 0.6) is 0 Å². The first-order valence-corrected chi connectivity index (χ1v) is 5.05. The molecule has 1 aromatic heterocycles. The number of aliphatic carboxylic acids is 1. The van der Waals surface area contributed by atoms with Gasteiger partial charge in [-0.25, -0.2) is 0 Å². The SMILES string of the molecule is O=C(O)CCCNCCCn1ccnn1. The summed E-state index contributed by atoms with van der Waals surface area (Å²) in [7, 11) is 0. The Labute approximate surface area is 88.3 Å². The topological polar surface area (TPSA) is 80.0 Å². The predicted molar refractivity (Wildman–Crippen MR) is 54.4 cm³/mol. The molecular formula is C9H16N4O2. The average Bonchev–Trinajstić information content (AvgIpc) is 2.68. The molecular weight excluding hydrogens is 196 g/mol. The van der Waals surface area contributed by atoms with Crippen LogP contribution in [-0.2, 0) is 11.3 Å². The lowest BCUT2D eigenvalue weighted by atomic mass is 10.3. The van der Waals surface area contributed by atoms with Gasteiger partial charge in [-0.15, -0.1) is 5.10 Å². The number of aryl methyl sites for hydroxylation is 1. The monoisotopic (exact) mass is 212 g/mol. The molecule has 0 aromatic carbocycles. The molecule has 0 aliphatic heterocycles. The van der Waals surface area contributed by atoms with Crippen LogP contribution in [0.3, 0.4) is 0 Å². The zero-order chi connectivity index (χ0) is 10.9. The van der Waals surface area contributed by atoms with Crippen LogP contribution in [-0.4, -0.2) is 39.2 Å². The molecule has 0 unspecified atom stereocenters. The Morgan fingerprint density at radius 2 is 2.20 bits per heavy atom. The van der Waals surface area contributed by atoms with E-state index in [2.05, 4.69) is 15.6 Å². The fraction of sp³-hybridized carbons (Fsp3) is 0.667. The third kappa shape index (κ3) is 5.79. The minimum absolute atomic E-state index is 0.232. The van der Waals surface area contributed by atoms with Crippen molar-refractivity contribution < 1.29 is 9.90 Å². The van der Waals surface area contributed by atoms with Crippen molar-refractivity contribution in [1.29, 1.82) is 0 Å². The van der Waals surface area contributed by atoms with Crippen molar-refractivity contribution >= 4 is 5.97 Å². The Hall–Kier alpha value is -1.43. The smallest absolute Gasteiger partial charge is 0.303 e. The molecule has 1 aromatic rings. The van der Waals surface area contributed by atoms with Crippen LogP contribution in [0.25, 0.3) is 0 Å². The van der Waals surface area contributed by atoms with Crippen LogP contribution < -0.4 is 5.32 Å². The lowest BCUT2D eigenvalue weighted by Crippen LogP contribution is -2.19. The lowest BCUT2D eigenvalue weighted by Gasteiger charge is -2.03. The summed E-state index contributed by atoms with van der Waals surface area (Å²) in [5.74, 6) is -0.737. The highest BCUT2D eigenvalue weighted by molar-refractivity contribution is 5.66. The Bertz CT molecular complexity index is 274. The van der Waals surface area contributed by atoms with E-state index >= 15 is 0 Å². The maximum Gasteiger partial charge on any atom is 0.303 e. The molecule has 84 valence electrons. The van der Waals surface area contributed by atoms with Crippen LogP contribution in [0.2, 0.25) is 0 Å². The van der Waals surface area contributed by atoms with Crippen molar-refractivity contribution in [1.82, 2.24) is 20.3 Å². The molecule has 0 atom stereocenters. The number of hydrogen-bond donors (Lipinski definition) is 2. The highest BCUT2D eigenvalue weighted by atomic mass is 16.4. The number of nitrogens with one attached hydrogen (secondary N) is 1. The van der Waals surface area contributed by atoms with Crippen LogP contribution in [0.15, 0.2) is 12.4 Å². The highest BCUT2D eigenvalue weighted by Crippen LogP contribution is 1.88. The highest BCUT2D eigenvalue weighted by Gasteiger charge is 1.95. The molecule has 0 amide bonds. The first-order chi connectivity index (χ1) is 7.29. The van der Waals surface area contributed by atoms with Gasteiger partial charge in [-0.05, 0) is 25.9 Å². The average molecular weight is 212 g/mol. The minimum Gasteiger partial charge on any atom is -0.481 e. The van der Waals surface area contributed by atoms with E-state index < -0.39 is 5.97 Å². The molecule has 1 heterocycles. The number of carboxylic acids is 1. The quantitative estimate of drug-likeness (QED) is 0.598.